The molecule has 0 aliphatic carbocycles. The molecule has 96 valence electrons. The Morgan fingerprint density at radius 2 is 2.44 bits per heavy atom. The number of aromatic amines is 1. The van der Waals surface area contributed by atoms with Gasteiger partial charge in [-0.25, -0.2) is 0 Å². The van der Waals surface area contributed by atoms with Crippen molar-refractivity contribution in [3.05, 3.63) is 6.20 Å². The number of nitrogens with one attached hydrogen (secondary N) is 2. The van der Waals surface area contributed by atoms with Gasteiger partial charge in [-0.15, -0.1) is 0 Å². The number of fused-ring (bicyclic) bond motifs is 1. The summed E-state index contributed by atoms with van der Waals surface area (Å²) in [5.41, 5.74) is 6.32. The van der Waals surface area contributed by atoms with Gasteiger partial charge in [0.15, 0.2) is 5.65 Å². The number of nitrogen functional groups attached to an aromatic ring is 1. The Morgan fingerprint density at radius 3 is 3.28 bits per heavy atom. The van der Waals surface area contributed by atoms with Crippen molar-refractivity contribution in [3.63, 3.8) is 0 Å². The van der Waals surface area contributed by atoms with Crippen LogP contribution in [0.15, 0.2) is 6.20 Å². The van der Waals surface area contributed by atoms with Crippen LogP contribution in [0.3, 0.4) is 0 Å². The third-order valence-electron chi connectivity index (χ3n) is 3.14. The fraction of sp³-hybridized carbons (Fsp3) is 0.545. The Labute approximate surface area is 104 Å². The van der Waals surface area contributed by atoms with Gasteiger partial charge in [-0.05, 0) is 18.8 Å². The average Bonchev–Trinajstić information content (AvgIpc) is 2.85. The quantitative estimate of drug-likeness (QED) is 0.741. The van der Waals surface area contributed by atoms with Crippen LogP contribution in [0.5, 0.6) is 0 Å². The monoisotopic (exact) mass is 248 g/mol. The molecule has 0 spiro atoms. The summed E-state index contributed by atoms with van der Waals surface area (Å²) in [5.74, 6) is 1.50. The van der Waals surface area contributed by atoms with Crippen molar-refractivity contribution < 1.29 is 4.74 Å². The Bertz CT molecular complexity index is 533. The van der Waals surface area contributed by atoms with Crippen LogP contribution in [0.25, 0.3) is 11.0 Å². The van der Waals surface area contributed by atoms with Crippen LogP contribution in [0.1, 0.15) is 12.8 Å². The Kier molecular flexibility index (Phi) is 2.97. The lowest BCUT2D eigenvalue weighted by molar-refractivity contribution is 0.0595. The van der Waals surface area contributed by atoms with E-state index < -0.39 is 0 Å². The minimum Gasteiger partial charge on any atom is -0.381 e. The van der Waals surface area contributed by atoms with Gasteiger partial charge in [0.25, 0.3) is 0 Å². The highest BCUT2D eigenvalue weighted by Crippen LogP contribution is 2.20. The maximum atomic E-state index is 5.66. The molecule has 0 amide bonds. The van der Waals surface area contributed by atoms with Gasteiger partial charge >= 0.3 is 0 Å². The molecule has 1 unspecified atom stereocenters. The average molecular weight is 248 g/mol. The second kappa shape index (κ2) is 4.77. The van der Waals surface area contributed by atoms with Gasteiger partial charge in [0, 0.05) is 13.2 Å². The molecule has 3 rings (SSSR count). The lowest BCUT2D eigenvalue weighted by Gasteiger charge is -2.22. The van der Waals surface area contributed by atoms with Gasteiger partial charge in [-0.3, -0.25) is 5.10 Å². The van der Waals surface area contributed by atoms with E-state index in [-0.39, 0.29) is 5.95 Å². The molecular weight excluding hydrogens is 232 g/mol. The molecule has 2 aromatic heterocycles. The molecule has 0 bridgehead atoms. The summed E-state index contributed by atoms with van der Waals surface area (Å²) in [4.78, 5) is 8.29. The highest BCUT2D eigenvalue weighted by molar-refractivity contribution is 5.86. The largest absolute Gasteiger partial charge is 0.381 e. The van der Waals surface area contributed by atoms with Crippen molar-refractivity contribution in [1.82, 2.24) is 20.2 Å². The third-order valence-corrected chi connectivity index (χ3v) is 3.14. The molecule has 1 aliphatic heterocycles. The Balaban J connectivity index is 1.75. The van der Waals surface area contributed by atoms with Crippen LogP contribution < -0.4 is 11.1 Å². The predicted molar refractivity (Wildman–Crippen MR) is 68.1 cm³/mol. The van der Waals surface area contributed by atoms with Crippen molar-refractivity contribution in [2.45, 2.75) is 12.8 Å². The number of H-pyrrole nitrogens is 1. The molecule has 18 heavy (non-hydrogen) atoms. The second-order valence-electron chi connectivity index (χ2n) is 4.53. The normalized spacial score (nSPS) is 20.1. The highest BCUT2D eigenvalue weighted by Gasteiger charge is 2.15. The van der Waals surface area contributed by atoms with Crippen LogP contribution in [-0.2, 0) is 4.74 Å². The predicted octanol–water partition coefficient (Wildman–Crippen LogP) is 0.774. The van der Waals surface area contributed by atoms with Gasteiger partial charge in [-0.2, -0.15) is 15.1 Å². The smallest absolute Gasteiger partial charge is 0.224 e. The van der Waals surface area contributed by atoms with E-state index in [9.17, 15) is 0 Å². The molecule has 1 fully saturated rings. The first kappa shape index (κ1) is 11.2. The molecule has 1 aliphatic rings. The third kappa shape index (κ3) is 2.21. The minimum absolute atomic E-state index is 0.245. The Morgan fingerprint density at radius 1 is 1.50 bits per heavy atom. The van der Waals surface area contributed by atoms with E-state index in [0.29, 0.717) is 11.6 Å². The summed E-state index contributed by atoms with van der Waals surface area (Å²) in [5, 5.41) is 10.9. The standard InChI is InChI=1S/C11H16N6O/c12-11-15-9(8-5-14-17-10(8)16-11)13-4-7-2-1-3-18-6-7/h5,7H,1-4,6H2,(H4,12,13,14,15,16,17). The van der Waals surface area contributed by atoms with Gasteiger partial charge in [0.2, 0.25) is 5.95 Å². The fourth-order valence-electron chi connectivity index (χ4n) is 2.20. The molecular formula is C11H16N6O. The van der Waals surface area contributed by atoms with Crippen LogP contribution in [-0.4, -0.2) is 39.9 Å². The van der Waals surface area contributed by atoms with Crippen molar-refractivity contribution in [1.29, 1.82) is 0 Å². The van der Waals surface area contributed by atoms with Crippen molar-refractivity contribution >= 4 is 22.8 Å². The van der Waals surface area contributed by atoms with E-state index in [2.05, 4.69) is 25.5 Å². The van der Waals surface area contributed by atoms with E-state index in [0.717, 1.165) is 37.4 Å². The molecule has 3 heterocycles. The molecule has 1 saturated heterocycles. The maximum Gasteiger partial charge on any atom is 0.224 e. The number of anilines is 2. The molecule has 4 N–H and O–H groups in total. The molecule has 7 heteroatoms. The molecule has 0 radical (unpaired) electrons. The SMILES string of the molecule is Nc1nc(NCC2CCCOC2)c2cn[nH]c2n1. The summed E-state index contributed by atoms with van der Waals surface area (Å²) in [6.45, 7) is 2.52. The first-order chi connectivity index (χ1) is 8.83. The lowest BCUT2D eigenvalue weighted by Crippen LogP contribution is -2.24. The second-order valence-corrected chi connectivity index (χ2v) is 4.53. The zero-order valence-corrected chi connectivity index (χ0v) is 10.0. The van der Waals surface area contributed by atoms with Crippen LogP contribution in [0, 0.1) is 5.92 Å². The summed E-state index contributed by atoms with van der Waals surface area (Å²) in [7, 11) is 0. The topological polar surface area (TPSA) is 102 Å². The van der Waals surface area contributed by atoms with Crippen LogP contribution in [0.2, 0.25) is 0 Å². The van der Waals surface area contributed by atoms with Gasteiger partial charge < -0.3 is 15.8 Å². The van der Waals surface area contributed by atoms with Gasteiger partial charge in [-0.1, -0.05) is 0 Å². The molecule has 1 atom stereocenters. The first-order valence-electron chi connectivity index (χ1n) is 6.11. The van der Waals surface area contributed by atoms with E-state index in [1.807, 2.05) is 0 Å². The summed E-state index contributed by atoms with van der Waals surface area (Å²) in [6, 6.07) is 0. The van der Waals surface area contributed by atoms with E-state index in [4.69, 9.17) is 10.5 Å². The lowest BCUT2D eigenvalue weighted by atomic mass is 10.0. The fourth-order valence-corrected chi connectivity index (χ4v) is 2.20. The number of aromatic nitrogens is 4. The maximum absolute atomic E-state index is 5.66. The zero-order chi connectivity index (χ0) is 12.4. The van der Waals surface area contributed by atoms with Crippen LogP contribution in [0.4, 0.5) is 11.8 Å². The molecule has 7 nitrogen and oxygen atoms in total. The van der Waals surface area contributed by atoms with E-state index in [1.165, 1.54) is 6.42 Å². The van der Waals surface area contributed by atoms with E-state index >= 15 is 0 Å². The number of ether oxygens (including phenoxy) is 1. The number of nitrogens with two attached hydrogens (primary N) is 1. The highest BCUT2D eigenvalue weighted by atomic mass is 16.5. The van der Waals surface area contributed by atoms with Crippen molar-refractivity contribution in [2.24, 2.45) is 5.92 Å². The number of nitrogens with zero attached hydrogens (tertiary/aromatic N) is 3. The van der Waals surface area contributed by atoms with Crippen molar-refractivity contribution in [2.75, 3.05) is 30.8 Å². The van der Waals surface area contributed by atoms with Gasteiger partial charge in [0.1, 0.15) is 5.82 Å². The van der Waals surface area contributed by atoms with Gasteiger partial charge in [0.05, 0.1) is 18.2 Å². The summed E-state index contributed by atoms with van der Waals surface area (Å²) < 4.78 is 5.45. The summed E-state index contributed by atoms with van der Waals surface area (Å²) in [6.07, 6.45) is 4.01. The molecule has 0 saturated carbocycles. The minimum atomic E-state index is 0.245. The number of rotatable bonds is 3. The summed E-state index contributed by atoms with van der Waals surface area (Å²) >= 11 is 0. The van der Waals surface area contributed by atoms with E-state index in [1.54, 1.807) is 6.20 Å². The van der Waals surface area contributed by atoms with Crippen LogP contribution >= 0.6 is 0 Å². The Hall–Kier alpha value is -1.89. The number of hydrogen-bond acceptors (Lipinski definition) is 6. The number of hydrogen-bond donors (Lipinski definition) is 3. The zero-order valence-electron chi connectivity index (χ0n) is 10.0. The first-order valence-corrected chi connectivity index (χ1v) is 6.11. The molecule has 2 aromatic rings. The van der Waals surface area contributed by atoms with Crippen molar-refractivity contribution in [3.8, 4) is 0 Å². The molecule has 0 aromatic carbocycles.